The smallest absolute Gasteiger partial charge is 0.350 e. The van der Waals surface area contributed by atoms with Gasteiger partial charge < -0.3 is 10.6 Å². The highest BCUT2D eigenvalue weighted by Gasteiger charge is 2.42. The first kappa shape index (κ1) is 33.6. The molecule has 16 heteroatoms. The second-order valence-electron chi connectivity index (χ2n) is 9.00. The Morgan fingerprint density at radius 2 is 1.45 bits per heavy atom. The number of hydrogen-bond donors (Lipinski definition) is 2. The molecule has 0 radical (unpaired) electrons. The van der Waals surface area contributed by atoms with Crippen molar-refractivity contribution in [3.05, 3.63) is 73.7 Å². The molecule has 0 saturated heterocycles. The lowest BCUT2D eigenvalue weighted by atomic mass is 9.96. The zero-order valence-electron chi connectivity index (χ0n) is 20.2. The molecule has 220 valence electrons. The molecular formula is C24H18Cl3F9N2O2. The molecule has 40 heavy (non-hydrogen) atoms. The van der Waals surface area contributed by atoms with Crippen LogP contribution in [0.1, 0.15) is 46.8 Å². The van der Waals surface area contributed by atoms with Crippen LogP contribution in [0, 0.1) is 0 Å². The zero-order valence-corrected chi connectivity index (χ0v) is 22.4. The summed E-state index contributed by atoms with van der Waals surface area (Å²) in [5.74, 6) is -6.01. The van der Waals surface area contributed by atoms with Gasteiger partial charge in [0.1, 0.15) is 0 Å². The summed E-state index contributed by atoms with van der Waals surface area (Å²) in [5.41, 5.74) is -4.97. The second-order valence-corrected chi connectivity index (χ2v) is 10.2. The van der Waals surface area contributed by atoms with E-state index in [-0.39, 0.29) is 20.6 Å². The third kappa shape index (κ3) is 8.93. The van der Waals surface area contributed by atoms with E-state index in [1.165, 1.54) is 0 Å². The predicted octanol–water partition coefficient (Wildman–Crippen LogP) is 8.21. The molecule has 0 saturated carbocycles. The van der Waals surface area contributed by atoms with Crippen LogP contribution in [0.3, 0.4) is 0 Å². The van der Waals surface area contributed by atoms with Crippen LogP contribution in [0.25, 0.3) is 6.08 Å². The minimum Gasteiger partial charge on any atom is -0.350 e. The molecule has 2 aromatic rings. The van der Waals surface area contributed by atoms with Crippen molar-refractivity contribution < 1.29 is 49.1 Å². The Morgan fingerprint density at radius 1 is 0.900 bits per heavy atom. The average molecular weight is 644 g/mol. The number of hydrogen-bond acceptors (Lipinski definition) is 2. The van der Waals surface area contributed by atoms with Crippen molar-refractivity contribution in [3.63, 3.8) is 0 Å². The summed E-state index contributed by atoms with van der Waals surface area (Å²) in [5, 5.41) is 2.87. The maximum absolute atomic E-state index is 13.7. The first-order chi connectivity index (χ1) is 18.0. The maximum Gasteiger partial charge on any atom is 0.471 e. The van der Waals surface area contributed by atoms with E-state index >= 15 is 0 Å². The molecule has 1 unspecified atom stereocenters. The van der Waals surface area contributed by atoms with Gasteiger partial charge in [0, 0.05) is 6.54 Å². The number of carbonyl (C=O) groups excluding carboxylic acids is 2. The van der Waals surface area contributed by atoms with Gasteiger partial charge in [0.2, 0.25) is 0 Å². The van der Waals surface area contributed by atoms with Crippen molar-refractivity contribution in [1.29, 1.82) is 0 Å². The molecule has 0 heterocycles. The Balaban J connectivity index is 2.37. The molecule has 2 N–H and O–H groups in total. The molecule has 0 aromatic heterocycles. The fraction of sp³-hybridized carbons (Fsp3) is 0.333. The number of nitrogens with one attached hydrogen (secondary N) is 2. The summed E-state index contributed by atoms with van der Waals surface area (Å²) < 4.78 is 120. The molecule has 0 aliphatic rings. The van der Waals surface area contributed by atoms with Gasteiger partial charge in [-0.1, -0.05) is 53.0 Å². The third-order valence-electron chi connectivity index (χ3n) is 5.19. The molecule has 2 rings (SSSR count). The molecule has 0 aliphatic heterocycles. The van der Waals surface area contributed by atoms with Crippen molar-refractivity contribution >= 4 is 52.7 Å². The van der Waals surface area contributed by atoms with Crippen LogP contribution in [0.5, 0.6) is 0 Å². The lowest BCUT2D eigenvalue weighted by molar-refractivity contribution is -0.175. The number of rotatable bonds is 7. The number of amides is 2. The van der Waals surface area contributed by atoms with Gasteiger partial charge in [-0.25, -0.2) is 0 Å². The lowest BCUT2D eigenvalue weighted by Crippen LogP contribution is -2.54. The van der Waals surface area contributed by atoms with Crippen molar-refractivity contribution in [2.24, 2.45) is 0 Å². The Labute approximate surface area is 236 Å². The topological polar surface area (TPSA) is 58.2 Å². The highest BCUT2D eigenvalue weighted by atomic mass is 35.5. The largest absolute Gasteiger partial charge is 0.471 e. The number of carbonyl (C=O) groups is 2. The Kier molecular flexibility index (Phi) is 10.1. The molecule has 0 fully saturated rings. The standard InChI is InChI=1S/C24H18Cl3F9N2O2/c1-21(2,38-20(40)24(34,35)36)10-37-19(39)13-5-3-11(7-15(13)23(31,32)33)4-6-14(22(28,29)30)12-8-16(25)18(27)17(26)9-12/h3-9,14H,10H2,1-2H3,(H,37,39)(H,38,40)/b6-4+. The number of allylic oxidation sites excluding steroid dienone is 1. The van der Waals surface area contributed by atoms with Gasteiger partial charge in [0.15, 0.2) is 0 Å². The predicted molar refractivity (Wildman–Crippen MR) is 131 cm³/mol. The van der Waals surface area contributed by atoms with Gasteiger partial charge in [-0.05, 0) is 49.2 Å². The van der Waals surface area contributed by atoms with E-state index in [2.05, 4.69) is 0 Å². The van der Waals surface area contributed by atoms with Gasteiger partial charge in [0.25, 0.3) is 5.91 Å². The van der Waals surface area contributed by atoms with Gasteiger partial charge >= 0.3 is 24.4 Å². The minimum atomic E-state index is -5.23. The summed E-state index contributed by atoms with van der Waals surface area (Å²) in [6, 6.07) is 3.87. The summed E-state index contributed by atoms with van der Waals surface area (Å²) >= 11 is 17.4. The van der Waals surface area contributed by atoms with Crippen molar-refractivity contribution in [1.82, 2.24) is 10.6 Å². The molecule has 0 bridgehead atoms. The molecule has 0 aliphatic carbocycles. The number of halogens is 12. The number of alkyl halides is 9. The quantitative estimate of drug-likeness (QED) is 0.236. The molecule has 1 atom stereocenters. The minimum absolute atomic E-state index is 0.188. The van der Waals surface area contributed by atoms with E-state index in [4.69, 9.17) is 34.8 Å². The fourth-order valence-corrected chi connectivity index (χ4v) is 3.90. The molecule has 2 amide bonds. The number of benzene rings is 2. The SMILES string of the molecule is CC(C)(CNC(=O)c1ccc(/C=C/C(c2cc(Cl)c(Cl)c(Cl)c2)C(F)(F)F)cc1C(F)(F)F)NC(=O)C(F)(F)F. The van der Waals surface area contributed by atoms with Crippen molar-refractivity contribution in [2.75, 3.05) is 6.54 Å². The van der Waals surface area contributed by atoms with E-state index in [9.17, 15) is 49.1 Å². The highest BCUT2D eigenvalue weighted by Crippen LogP contribution is 2.41. The second kappa shape index (κ2) is 12.1. The average Bonchev–Trinajstić information content (AvgIpc) is 2.78. The monoisotopic (exact) mass is 642 g/mol. The van der Waals surface area contributed by atoms with Crippen LogP contribution >= 0.6 is 34.8 Å². The van der Waals surface area contributed by atoms with Gasteiger partial charge in [0.05, 0.1) is 37.7 Å². The highest BCUT2D eigenvalue weighted by molar-refractivity contribution is 6.48. The van der Waals surface area contributed by atoms with Crippen LogP contribution in [0.15, 0.2) is 36.4 Å². The van der Waals surface area contributed by atoms with Crippen LogP contribution in [0.2, 0.25) is 15.1 Å². The van der Waals surface area contributed by atoms with Crippen molar-refractivity contribution in [3.8, 4) is 0 Å². The van der Waals surface area contributed by atoms with E-state index < -0.39 is 65.0 Å². The van der Waals surface area contributed by atoms with Gasteiger partial charge in [-0.15, -0.1) is 0 Å². The van der Waals surface area contributed by atoms with Gasteiger partial charge in [-0.3, -0.25) is 9.59 Å². The lowest BCUT2D eigenvalue weighted by Gasteiger charge is -2.27. The zero-order chi connectivity index (χ0) is 30.8. The summed E-state index contributed by atoms with van der Waals surface area (Å²) in [7, 11) is 0. The maximum atomic E-state index is 13.7. The van der Waals surface area contributed by atoms with E-state index in [1.54, 1.807) is 5.32 Å². The summed E-state index contributed by atoms with van der Waals surface area (Å²) in [6.07, 6.45) is -14.0. The molecular weight excluding hydrogens is 626 g/mol. The normalized spacial score (nSPS) is 13.8. The first-order valence-electron chi connectivity index (χ1n) is 10.8. The van der Waals surface area contributed by atoms with Crippen LogP contribution in [-0.2, 0) is 11.0 Å². The van der Waals surface area contributed by atoms with E-state index in [0.29, 0.717) is 18.2 Å². The fourth-order valence-electron chi connectivity index (χ4n) is 3.29. The van der Waals surface area contributed by atoms with Crippen LogP contribution < -0.4 is 10.6 Å². The van der Waals surface area contributed by atoms with E-state index in [1.807, 2.05) is 5.32 Å². The van der Waals surface area contributed by atoms with Crippen LogP contribution in [-0.4, -0.2) is 36.3 Å². The summed E-state index contributed by atoms with van der Waals surface area (Å²) in [4.78, 5) is 23.6. The first-order valence-corrected chi connectivity index (χ1v) is 11.9. The van der Waals surface area contributed by atoms with E-state index in [0.717, 1.165) is 38.1 Å². The van der Waals surface area contributed by atoms with Crippen LogP contribution in [0.4, 0.5) is 39.5 Å². The third-order valence-corrected chi connectivity index (χ3v) is 6.39. The molecule has 4 nitrogen and oxygen atoms in total. The molecule has 0 spiro atoms. The summed E-state index contributed by atoms with van der Waals surface area (Å²) in [6.45, 7) is 1.49. The Hall–Kier alpha value is -2.64. The Morgan fingerprint density at radius 3 is 1.93 bits per heavy atom. The Bertz CT molecular complexity index is 1280. The molecule has 2 aromatic carbocycles. The van der Waals surface area contributed by atoms with Crippen molar-refractivity contribution in [2.45, 2.75) is 43.8 Å². The van der Waals surface area contributed by atoms with Gasteiger partial charge in [-0.2, -0.15) is 39.5 Å².